The Labute approximate surface area is 99.1 Å². The van der Waals surface area contributed by atoms with Crippen molar-refractivity contribution in [2.45, 2.75) is 52.4 Å². The number of hydrogen-bond acceptors (Lipinski definition) is 2. The highest BCUT2D eigenvalue weighted by Gasteiger charge is 2.33. The summed E-state index contributed by atoms with van der Waals surface area (Å²) in [5, 5.41) is 0. The van der Waals surface area contributed by atoms with Gasteiger partial charge in [0, 0.05) is 11.5 Å². The normalized spacial score (nSPS) is 19.4. The molecule has 1 saturated carbocycles. The number of ether oxygens (including phenoxy) is 1. The lowest BCUT2D eigenvalue weighted by Crippen LogP contribution is -2.32. The van der Waals surface area contributed by atoms with Crippen molar-refractivity contribution in [2.24, 2.45) is 11.3 Å². The molecule has 16 heavy (non-hydrogen) atoms. The highest BCUT2D eigenvalue weighted by molar-refractivity contribution is 5.81. The SMILES string of the molecule is C=CC(=O)OCC1(CC(C)C)CCCCC1. The number of rotatable bonds is 5. The van der Waals surface area contributed by atoms with E-state index in [0.29, 0.717) is 12.5 Å². The summed E-state index contributed by atoms with van der Waals surface area (Å²) in [6.07, 6.45) is 8.71. The van der Waals surface area contributed by atoms with Gasteiger partial charge in [-0.25, -0.2) is 4.79 Å². The zero-order valence-electron chi connectivity index (χ0n) is 10.6. The van der Waals surface area contributed by atoms with Gasteiger partial charge in [0.05, 0.1) is 6.61 Å². The minimum absolute atomic E-state index is 0.241. The summed E-state index contributed by atoms with van der Waals surface area (Å²) < 4.78 is 5.28. The van der Waals surface area contributed by atoms with E-state index < -0.39 is 0 Å². The summed E-state index contributed by atoms with van der Waals surface area (Å²) in [5.41, 5.74) is 0.241. The van der Waals surface area contributed by atoms with Gasteiger partial charge in [-0.2, -0.15) is 0 Å². The summed E-state index contributed by atoms with van der Waals surface area (Å²) in [6, 6.07) is 0. The standard InChI is InChI=1S/C14H24O2/c1-4-13(15)16-11-14(10-12(2)3)8-6-5-7-9-14/h4,12H,1,5-11H2,2-3H3. The molecule has 0 aliphatic heterocycles. The van der Waals surface area contributed by atoms with Gasteiger partial charge >= 0.3 is 5.97 Å². The smallest absolute Gasteiger partial charge is 0.330 e. The van der Waals surface area contributed by atoms with Crippen LogP contribution in [0, 0.1) is 11.3 Å². The Morgan fingerprint density at radius 2 is 2.00 bits per heavy atom. The Morgan fingerprint density at radius 3 is 2.50 bits per heavy atom. The van der Waals surface area contributed by atoms with Gasteiger partial charge in [-0.3, -0.25) is 0 Å². The van der Waals surface area contributed by atoms with E-state index in [2.05, 4.69) is 20.4 Å². The van der Waals surface area contributed by atoms with Crippen LogP contribution in [0.3, 0.4) is 0 Å². The van der Waals surface area contributed by atoms with Crippen LogP contribution in [-0.2, 0) is 9.53 Å². The van der Waals surface area contributed by atoms with Gasteiger partial charge in [-0.05, 0) is 25.2 Å². The van der Waals surface area contributed by atoms with E-state index in [4.69, 9.17) is 4.74 Å². The molecule has 0 spiro atoms. The van der Waals surface area contributed by atoms with Crippen molar-refractivity contribution >= 4 is 5.97 Å². The second-order valence-corrected chi connectivity index (χ2v) is 5.47. The predicted octanol–water partition coefficient (Wildman–Crippen LogP) is 3.71. The lowest BCUT2D eigenvalue weighted by molar-refractivity contribution is -0.142. The highest BCUT2D eigenvalue weighted by atomic mass is 16.5. The summed E-state index contributed by atoms with van der Waals surface area (Å²) in [5.74, 6) is 0.384. The van der Waals surface area contributed by atoms with Gasteiger partial charge in [0.1, 0.15) is 0 Å². The highest BCUT2D eigenvalue weighted by Crippen LogP contribution is 2.41. The Kier molecular flexibility index (Phi) is 5.04. The first-order chi connectivity index (χ1) is 7.58. The molecule has 0 radical (unpaired) electrons. The van der Waals surface area contributed by atoms with Crippen molar-refractivity contribution < 1.29 is 9.53 Å². The topological polar surface area (TPSA) is 26.3 Å². The first-order valence-electron chi connectivity index (χ1n) is 6.37. The van der Waals surface area contributed by atoms with Gasteiger partial charge < -0.3 is 4.74 Å². The molecule has 0 saturated heterocycles. The molecule has 1 aliphatic rings. The molecule has 1 fully saturated rings. The molecule has 1 rings (SSSR count). The first-order valence-corrected chi connectivity index (χ1v) is 6.37. The fraction of sp³-hybridized carbons (Fsp3) is 0.786. The molecule has 92 valence electrons. The summed E-state index contributed by atoms with van der Waals surface area (Å²) in [4.78, 5) is 11.1. The summed E-state index contributed by atoms with van der Waals surface area (Å²) >= 11 is 0. The Morgan fingerprint density at radius 1 is 1.38 bits per heavy atom. The first kappa shape index (κ1) is 13.3. The van der Waals surface area contributed by atoms with Crippen LogP contribution in [0.5, 0.6) is 0 Å². The average Bonchev–Trinajstić information content (AvgIpc) is 2.26. The van der Waals surface area contributed by atoms with Gasteiger partial charge in [0.15, 0.2) is 0 Å². The quantitative estimate of drug-likeness (QED) is 0.525. The van der Waals surface area contributed by atoms with Crippen molar-refractivity contribution in [3.63, 3.8) is 0 Å². The van der Waals surface area contributed by atoms with Crippen LogP contribution in [0.4, 0.5) is 0 Å². The van der Waals surface area contributed by atoms with Gasteiger partial charge in [-0.15, -0.1) is 0 Å². The minimum atomic E-state index is -0.284. The molecule has 0 unspecified atom stereocenters. The van der Waals surface area contributed by atoms with E-state index >= 15 is 0 Å². The van der Waals surface area contributed by atoms with Gasteiger partial charge in [0.25, 0.3) is 0 Å². The molecule has 2 nitrogen and oxygen atoms in total. The molecule has 2 heteroatoms. The zero-order valence-corrected chi connectivity index (χ0v) is 10.6. The van der Waals surface area contributed by atoms with Crippen LogP contribution < -0.4 is 0 Å². The number of hydrogen-bond donors (Lipinski definition) is 0. The van der Waals surface area contributed by atoms with E-state index in [1.54, 1.807) is 0 Å². The molecule has 0 amide bonds. The van der Waals surface area contributed by atoms with Crippen molar-refractivity contribution in [3.8, 4) is 0 Å². The van der Waals surface area contributed by atoms with Crippen LogP contribution in [0.25, 0.3) is 0 Å². The third-order valence-corrected chi connectivity index (χ3v) is 3.44. The number of esters is 1. The fourth-order valence-electron chi connectivity index (χ4n) is 2.86. The Hall–Kier alpha value is -0.790. The van der Waals surface area contributed by atoms with Crippen LogP contribution in [0.1, 0.15) is 52.4 Å². The number of carbonyl (C=O) groups excluding carboxylic acids is 1. The third kappa shape index (κ3) is 3.99. The minimum Gasteiger partial charge on any atom is -0.462 e. The maximum atomic E-state index is 11.1. The molecule has 0 N–H and O–H groups in total. The largest absolute Gasteiger partial charge is 0.462 e. The van der Waals surface area contributed by atoms with E-state index in [1.807, 2.05) is 0 Å². The van der Waals surface area contributed by atoms with E-state index in [-0.39, 0.29) is 11.4 Å². The molecule has 1 aliphatic carbocycles. The van der Waals surface area contributed by atoms with E-state index in [1.165, 1.54) is 38.2 Å². The van der Waals surface area contributed by atoms with Crippen LogP contribution in [0.15, 0.2) is 12.7 Å². The van der Waals surface area contributed by atoms with Gasteiger partial charge in [-0.1, -0.05) is 39.7 Å². The van der Waals surface area contributed by atoms with Crippen molar-refractivity contribution in [1.82, 2.24) is 0 Å². The molecule has 0 bridgehead atoms. The van der Waals surface area contributed by atoms with Crippen LogP contribution in [0.2, 0.25) is 0 Å². The Balaban J connectivity index is 2.55. The summed E-state index contributed by atoms with van der Waals surface area (Å²) in [7, 11) is 0. The predicted molar refractivity (Wildman–Crippen MR) is 66.1 cm³/mol. The fourth-order valence-corrected chi connectivity index (χ4v) is 2.86. The molecular formula is C14H24O2. The lowest BCUT2D eigenvalue weighted by Gasteiger charge is -2.38. The average molecular weight is 224 g/mol. The molecule has 0 atom stereocenters. The second kappa shape index (κ2) is 6.07. The van der Waals surface area contributed by atoms with Crippen molar-refractivity contribution in [3.05, 3.63) is 12.7 Å². The summed E-state index contributed by atoms with van der Waals surface area (Å²) in [6.45, 7) is 8.50. The monoisotopic (exact) mass is 224 g/mol. The number of carbonyl (C=O) groups is 1. The Bertz CT molecular complexity index is 237. The molecule has 0 aromatic carbocycles. The lowest BCUT2D eigenvalue weighted by atomic mass is 9.70. The van der Waals surface area contributed by atoms with Crippen molar-refractivity contribution in [1.29, 1.82) is 0 Å². The molecule has 0 aromatic rings. The maximum Gasteiger partial charge on any atom is 0.330 e. The van der Waals surface area contributed by atoms with Crippen molar-refractivity contribution in [2.75, 3.05) is 6.61 Å². The van der Waals surface area contributed by atoms with Gasteiger partial charge in [0.2, 0.25) is 0 Å². The van der Waals surface area contributed by atoms with E-state index in [0.717, 1.165) is 6.42 Å². The van der Waals surface area contributed by atoms with Crippen LogP contribution >= 0.6 is 0 Å². The molecular weight excluding hydrogens is 200 g/mol. The zero-order chi connectivity index (χ0) is 12.0. The molecule has 0 heterocycles. The second-order valence-electron chi connectivity index (χ2n) is 5.47. The van der Waals surface area contributed by atoms with Crippen LogP contribution in [-0.4, -0.2) is 12.6 Å². The third-order valence-electron chi connectivity index (χ3n) is 3.44. The maximum absolute atomic E-state index is 11.1. The van der Waals surface area contributed by atoms with E-state index in [9.17, 15) is 4.79 Å². The molecule has 0 aromatic heterocycles.